The van der Waals surface area contributed by atoms with Gasteiger partial charge in [0.2, 0.25) is 6.54 Å². The summed E-state index contributed by atoms with van der Waals surface area (Å²) in [5, 5.41) is 13.4. The van der Waals surface area contributed by atoms with E-state index in [2.05, 4.69) is 5.32 Å². The standard InChI is InChI=1S/C18H22N2O7/c1-11-6-16(21)14(15(11)9-20(24)25)8-18(23)27-10-17(22)19-12-4-3-5-13(7-12)26-2/h3-5,7,11,14-15H,6,8-10H2,1-2H3,(H,19,22)/t11-,14+,15-/m1/s1. The lowest BCUT2D eigenvalue weighted by Crippen LogP contribution is -2.28. The topological polar surface area (TPSA) is 125 Å². The molecule has 9 nitrogen and oxygen atoms in total. The van der Waals surface area contributed by atoms with Crippen LogP contribution < -0.4 is 10.1 Å². The second kappa shape index (κ2) is 9.11. The minimum atomic E-state index is -0.737. The molecule has 27 heavy (non-hydrogen) atoms. The summed E-state index contributed by atoms with van der Waals surface area (Å²) in [5.74, 6) is -2.26. The molecule has 1 aliphatic carbocycles. The van der Waals surface area contributed by atoms with Crippen LogP contribution in [0.5, 0.6) is 5.75 Å². The molecule has 1 aromatic carbocycles. The Morgan fingerprint density at radius 2 is 2.11 bits per heavy atom. The van der Waals surface area contributed by atoms with E-state index in [1.54, 1.807) is 31.2 Å². The lowest BCUT2D eigenvalue weighted by molar-refractivity contribution is -0.490. The fourth-order valence-electron chi connectivity index (χ4n) is 3.28. The van der Waals surface area contributed by atoms with Gasteiger partial charge in [-0.05, 0) is 18.1 Å². The second-order valence-electron chi connectivity index (χ2n) is 6.58. The minimum Gasteiger partial charge on any atom is -0.497 e. The number of anilines is 1. The first kappa shape index (κ1) is 20.3. The molecule has 1 N–H and O–H groups in total. The van der Waals surface area contributed by atoms with E-state index in [9.17, 15) is 24.5 Å². The van der Waals surface area contributed by atoms with Crippen LogP contribution in [0, 0.1) is 27.9 Å². The van der Waals surface area contributed by atoms with Crippen LogP contribution in [0.1, 0.15) is 19.8 Å². The number of hydrogen-bond donors (Lipinski definition) is 1. The molecule has 0 radical (unpaired) electrons. The van der Waals surface area contributed by atoms with Gasteiger partial charge in [0.1, 0.15) is 11.5 Å². The van der Waals surface area contributed by atoms with Crippen LogP contribution in [0.25, 0.3) is 0 Å². The fourth-order valence-corrected chi connectivity index (χ4v) is 3.28. The number of nitro groups is 1. The molecule has 1 saturated carbocycles. The number of carbonyl (C=O) groups excluding carboxylic acids is 3. The lowest BCUT2D eigenvalue weighted by atomic mass is 9.88. The Morgan fingerprint density at radius 3 is 2.78 bits per heavy atom. The van der Waals surface area contributed by atoms with Gasteiger partial charge in [-0.25, -0.2) is 0 Å². The molecule has 1 amide bonds. The van der Waals surface area contributed by atoms with E-state index < -0.39 is 35.2 Å². The van der Waals surface area contributed by atoms with Gasteiger partial charge in [-0.1, -0.05) is 13.0 Å². The Kier molecular flexibility index (Phi) is 6.86. The number of ether oxygens (including phenoxy) is 2. The van der Waals surface area contributed by atoms with Gasteiger partial charge in [-0.15, -0.1) is 0 Å². The number of nitrogens with zero attached hydrogens (tertiary/aromatic N) is 1. The summed E-state index contributed by atoms with van der Waals surface area (Å²) in [6.07, 6.45) is -0.0408. The number of ketones is 1. The highest BCUT2D eigenvalue weighted by Gasteiger charge is 2.44. The number of rotatable bonds is 8. The van der Waals surface area contributed by atoms with Gasteiger partial charge in [0.25, 0.3) is 5.91 Å². The average molecular weight is 378 g/mol. The summed E-state index contributed by atoms with van der Waals surface area (Å²) in [6, 6.07) is 6.68. The molecule has 1 aliphatic rings. The molecule has 3 atom stereocenters. The third-order valence-electron chi connectivity index (χ3n) is 4.65. The maximum absolute atomic E-state index is 12.0. The number of nitrogens with one attached hydrogen (secondary N) is 1. The average Bonchev–Trinajstić information content (AvgIpc) is 2.86. The van der Waals surface area contributed by atoms with Crippen molar-refractivity contribution in [3.63, 3.8) is 0 Å². The first-order chi connectivity index (χ1) is 12.8. The van der Waals surface area contributed by atoms with Crippen LogP contribution in [0.15, 0.2) is 24.3 Å². The fraction of sp³-hybridized carbons (Fsp3) is 0.500. The molecule has 2 rings (SSSR count). The number of amides is 1. The molecule has 0 aromatic heterocycles. The molecule has 1 fully saturated rings. The van der Waals surface area contributed by atoms with E-state index in [-0.39, 0.29) is 31.1 Å². The predicted molar refractivity (Wildman–Crippen MR) is 94.8 cm³/mol. The summed E-state index contributed by atoms with van der Waals surface area (Å²) < 4.78 is 9.98. The first-order valence-electron chi connectivity index (χ1n) is 8.54. The zero-order valence-corrected chi connectivity index (χ0v) is 15.2. The van der Waals surface area contributed by atoms with Crippen molar-refractivity contribution in [3.05, 3.63) is 34.4 Å². The van der Waals surface area contributed by atoms with E-state index >= 15 is 0 Å². The Balaban J connectivity index is 1.84. The van der Waals surface area contributed by atoms with E-state index in [1.807, 2.05) is 0 Å². The molecule has 0 bridgehead atoms. The molecule has 0 unspecified atom stereocenters. The van der Waals surface area contributed by atoms with Gasteiger partial charge in [0.05, 0.1) is 13.5 Å². The molecule has 1 aromatic rings. The van der Waals surface area contributed by atoms with Crippen LogP contribution in [0.4, 0.5) is 5.69 Å². The van der Waals surface area contributed by atoms with Crippen molar-refractivity contribution in [2.75, 3.05) is 25.6 Å². The Morgan fingerprint density at radius 1 is 1.37 bits per heavy atom. The SMILES string of the molecule is COc1cccc(NC(=O)COC(=O)C[C@@H]2C(=O)C[C@@H](C)[C@H]2C[N+](=O)[O-])c1. The number of esters is 1. The molecule has 0 spiro atoms. The predicted octanol–water partition coefficient (Wildman–Crippen LogP) is 1.69. The number of Topliss-reactive ketones (excluding diaryl/α,β-unsaturated/α-hetero) is 1. The third-order valence-corrected chi connectivity index (χ3v) is 4.65. The van der Waals surface area contributed by atoms with E-state index in [0.29, 0.717) is 11.4 Å². The highest BCUT2D eigenvalue weighted by molar-refractivity contribution is 5.93. The van der Waals surface area contributed by atoms with E-state index in [1.165, 1.54) is 7.11 Å². The van der Waals surface area contributed by atoms with Gasteiger partial charge in [-0.3, -0.25) is 24.5 Å². The van der Waals surface area contributed by atoms with Crippen molar-refractivity contribution in [3.8, 4) is 5.75 Å². The summed E-state index contributed by atoms with van der Waals surface area (Å²) in [4.78, 5) is 46.2. The monoisotopic (exact) mass is 378 g/mol. The second-order valence-corrected chi connectivity index (χ2v) is 6.58. The van der Waals surface area contributed by atoms with Crippen LogP contribution >= 0.6 is 0 Å². The normalized spacial score (nSPS) is 21.6. The number of methoxy groups -OCH3 is 1. The smallest absolute Gasteiger partial charge is 0.307 e. The zero-order valence-electron chi connectivity index (χ0n) is 15.2. The van der Waals surface area contributed by atoms with Crippen molar-refractivity contribution < 1.29 is 28.8 Å². The number of carbonyl (C=O) groups is 3. The Hall–Kier alpha value is -2.97. The number of benzene rings is 1. The van der Waals surface area contributed by atoms with Crippen molar-refractivity contribution in [2.24, 2.45) is 17.8 Å². The van der Waals surface area contributed by atoms with E-state index in [0.717, 1.165) is 0 Å². The summed E-state index contributed by atoms with van der Waals surface area (Å²) in [6.45, 7) is 0.895. The van der Waals surface area contributed by atoms with Gasteiger partial charge in [-0.2, -0.15) is 0 Å². The van der Waals surface area contributed by atoms with Gasteiger partial charge in [0, 0.05) is 34.9 Å². The molecule has 146 valence electrons. The molecule has 0 aliphatic heterocycles. The van der Waals surface area contributed by atoms with E-state index in [4.69, 9.17) is 9.47 Å². The maximum atomic E-state index is 12.0. The summed E-state index contributed by atoms with van der Waals surface area (Å²) >= 11 is 0. The lowest BCUT2D eigenvalue weighted by Gasteiger charge is -2.17. The van der Waals surface area contributed by atoms with Crippen LogP contribution in [0.3, 0.4) is 0 Å². The molecule has 0 saturated heterocycles. The molecular weight excluding hydrogens is 356 g/mol. The van der Waals surface area contributed by atoms with Crippen molar-refractivity contribution in [1.82, 2.24) is 0 Å². The largest absolute Gasteiger partial charge is 0.497 e. The number of hydrogen-bond acceptors (Lipinski definition) is 7. The Labute approximate surface area is 156 Å². The van der Waals surface area contributed by atoms with Crippen molar-refractivity contribution in [2.45, 2.75) is 19.8 Å². The Bertz CT molecular complexity index is 734. The summed E-state index contributed by atoms with van der Waals surface area (Å²) in [7, 11) is 1.50. The highest BCUT2D eigenvalue weighted by Crippen LogP contribution is 2.36. The minimum absolute atomic E-state index is 0.156. The zero-order chi connectivity index (χ0) is 20.0. The first-order valence-corrected chi connectivity index (χ1v) is 8.54. The third kappa shape index (κ3) is 5.77. The van der Waals surface area contributed by atoms with Gasteiger partial charge < -0.3 is 14.8 Å². The van der Waals surface area contributed by atoms with Crippen LogP contribution in [-0.4, -0.2) is 42.8 Å². The van der Waals surface area contributed by atoms with Crippen molar-refractivity contribution >= 4 is 23.3 Å². The maximum Gasteiger partial charge on any atom is 0.307 e. The molecular formula is C18H22N2O7. The highest BCUT2D eigenvalue weighted by atomic mass is 16.6. The quantitative estimate of drug-likeness (QED) is 0.414. The van der Waals surface area contributed by atoms with Crippen LogP contribution in [-0.2, 0) is 19.1 Å². The van der Waals surface area contributed by atoms with Gasteiger partial charge >= 0.3 is 5.97 Å². The molecule has 9 heteroatoms. The van der Waals surface area contributed by atoms with Gasteiger partial charge in [0.15, 0.2) is 6.61 Å². The van der Waals surface area contributed by atoms with Crippen molar-refractivity contribution in [1.29, 1.82) is 0 Å². The molecule has 0 heterocycles. The van der Waals surface area contributed by atoms with Crippen LogP contribution in [0.2, 0.25) is 0 Å². The summed E-state index contributed by atoms with van der Waals surface area (Å²) in [5.41, 5.74) is 0.487.